The Hall–Kier alpha value is -3.66. The number of thiocarbonyl (C=S) groups is 1. The topological polar surface area (TPSA) is 56.4 Å². The highest BCUT2D eigenvalue weighted by Gasteiger charge is 2.31. The third-order valence-electron chi connectivity index (χ3n) is 4.79. The smallest absolute Gasteiger partial charge is 0.378 e. The fourth-order valence-corrected chi connectivity index (χ4v) is 3.23. The van der Waals surface area contributed by atoms with Crippen LogP contribution in [-0.4, -0.2) is 25.1 Å². The van der Waals surface area contributed by atoms with E-state index in [0.717, 1.165) is 12.1 Å². The monoisotopic (exact) mass is 490 g/mol. The minimum atomic E-state index is -4.46. The molecular formula is C24H22F4N4OS. The summed E-state index contributed by atoms with van der Waals surface area (Å²) in [6, 6.07) is 16.0. The fourth-order valence-electron chi connectivity index (χ4n) is 3.04. The van der Waals surface area contributed by atoms with Crippen LogP contribution in [0.25, 0.3) is 0 Å². The van der Waals surface area contributed by atoms with Crippen LogP contribution in [0.3, 0.4) is 0 Å². The van der Waals surface area contributed by atoms with Gasteiger partial charge < -0.3 is 20.9 Å². The largest absolute Gasteiger partial charge is 0.416 e. The van der Waals surface area contributed by atoms with Crippen LogP contribution in [0.4, 0.5) is 34.6 Å². The molecular weight excluding hydrogens is 468 g/mol. The first-order valence-corrected chi connectivity index (χ1v) is 10.5. The van der Waals surface area contributed by atoms with Gasteiger partial charge in [0.2, 0.25) is 0 Å². The summed E-state index contributed by atoms with van der Waals surface area (Å²) >= 11 is 5.24. The average Bonchev–Trinajstić information content (AvgIpc) is 2.78. The number of alkyl halides is 3. The number of carbonyl (C=O) groups excluding carboxylic acids is 1. The van der Waals surface area contributed by atoms with Crippen LogP contribution in [0.1, 0.15) is 21.5 Å². The second kappa shape index (κ2) is 10.5. The highest BCUT2D eigenvalue weighted by atomic mass is 32.1. The predicted octanol–water partition coefficient (Wildman–Crippen LogP) is 5.65. The Morgan fingerprint density at radius 1 is 0.941 bits per heavy atom. The first-order chi connectivity index (χ1) is 16.0. The Bertz CT molecular complexity index is 1180. The molecule has 10 heteroatoms. The molecule has 0 atom stereocenters. The van der Waals surface area contributed by atoms with E-state index in [1.807, 2.05) is 0 Å². The van der Waals surface area contributed by atoms with Crippen molar-refractivity contribution in [3.8, 4) is 0 Å². The number of rotatable bonds is 6. The van der Waals surface area contributed by atoms with Crippen LogP contribution >= 0.6 is 12.2 Å². The Labute approximate surface area is 199 Å². The number of anilines is 3. The standard InChI is InChI=1S/C24H22F4N4OS/c1-32(2)19-12-15(11-16(13-19)24(26,27)28)14-29-23(34)31-18-9-7-17(8-10-18)30-22(33)20-5-3-4-6-21(20)25/h3-13H,14H2,1-2H3,(H,30,33)(H2,29,31,34). The van der Waals surface area contributed by atoms with Crippen molar-refractivity contribution in [1.82, 2.24) is 5.32 Å². The average molecular weight is 491 g/mol. The minimum absolute atomic E-state index is 0.0675. The molecule has 0 aliphatic rings. The van der Waals surface area contributed by atoms with Crippen molar-refractivity contribution in [2.45, 2.75) is 12.7 Å². The number of hydrogen-bond donors (Lipinski definition) is 3. The molecule has 0 fully saturated rings. The lowest BCUT2D eigenvalue weighted by molar-refractivity contribution is -0.137. The van der Waals surface area contributed by atoms with Crippen molar-refractivity contribution >= 4 is 40.3 Å². The molecule has 1 amide bonds. The second-order valence-corrected chi connectivity index (χ2v) is 8.01. The third kappa shape index (κ3) is 6.67. The first kappa shape index (κ1) is 25.0. The predicted molar refractivity (Wildman–Crippen MR) is 130 cm³/mol. The van der Waals surface area contributed by atoms with Gasteiger partial charge in [-0.1, -0.05) is 12.1 Å². The number of carbonyl (C=O) groups is 1. The first-order valence-electron chi connectivity index (χ1n) is 10.1. The van der Waals surface area contributed by atoms with Crippen LogP contribution < -0.4 is 20.9 Å². The minimum Gasteiger partial charge on any atom is -0.378 e. The van der Waals surface area contributed by atoms with Crippen LogP contribution in [0.5, 0.6) is 0 Å². The molecule has 0 aromatic heterocycles. The van der Waals surface area contributed by atoms with Crippen molar-refractivity contribution in [3.63, 3.8) is 0 Å². The highest BCUT2D eigenvalue weighted by molar-refractivity contribution is 7.80. The van der Waals surface area contributed by atoms with Crippen LogP contribution in [0.15, 0.2) is 66.7 Å². The SMILES string of the molecule is CN(C)c1cc(CNC(=S)Nc2ccc(NC(=O)c3ccccc3F)cc2)cc(C(F)(F)F)c1. The van der Waals surface area contributed by atoms with Gasteiger partial charge in [0.25, 0.3) is 5.91 Å². The summed E-state index contributed by atoms with van der Waals surface area (Å²) in [6.45, 7) is 0.0906. The van der Waals surface area contributed by atoms with Gasteiger partial charge in [-0.05, 0) is 72.4 Å². The van der Waals surface area contributed by atoms with Crippen molar-refractivity contribution in [2.75, 3.05) is 29.6 Å². The molecule has 178 valence electrons. The summed E-state index contributed by atoms with van der Waals surface area (Å²) < 4.78 is 53.3. The molecule has 0 saturated carbocycles. The number of nitrogens with one attached hydrogen (secondary N) is 3. The Kier molecular flexibility index (Phi) is 7.72. The van der Waals surface area contributed by atoms with Gasteiger partial charge in [0.15, 0.2) is 5.11 Å². The van der Waals surface area contributed by atoms with Gasteiger partial charge in [-0.15, -0.1) is 0 Å². The van der Waals surface area contributed by atoms with Gasteiger partial charge in [-0.25, -0.2) is 4.39 Å². The van der Waals surface area contributed by atoms with Crippen molar-refractivity contribution in [2.24, 2.45) is 0 Å². The van der Waals surface area contributed by atoms with E-state index in [4.69, 9.17) is 12.2 Å². The maximum Gasteiger partial charge on any atom is 0.416 e. The molecule has 0 unspecified atom stereocenters. The lowest BCUT2D eigenvalue weighted by Crippen LogP contribution is -2.28. The molecule has 3 N–H and O–H groups in total. The normalized spacial score (nSPS) is 11.0. The molecule has 0 radical (unpaired) electrons. The summed E-state index contributed by atoms with van der Waals surface area (Å²) in [6.07, 6.45) is -4.46. The van der Waals surface area contributed by atoms with Crippen molar-refractivity contribution in [1.29, 1.82) is 0 Å². The Balaban J connectivity index is 1.59. The summed E-state index contributed by atoms with van der Waals surface area (Å²) in [7, 11) is 3.34. The molecule has 0 heterocycles. The van der Waals surface area contributed by atoms with Gasteiger partial charge >= 0.3 is 6.18 Å². The molecule has 3 rings (SSSR count). The zero-order valence-electron chi connectivity index (χ0n) is 18.3. The zero-order chi connectivity index (χ0) is 24.9. The molecule has 5 nitrogen and oxygen atoms in total. The van der Waals surface area contributed by atoms with E-state index in [0.29, 0.717) is 22.6 Å². The molecule has 34 heavy (non-hydrogen) atoms. The van der Waals surface area contributed by atoms with Gasteiger partial charge in [0, 0.05) is 37.7 Å². The maximum absolute atomic E-state index is 13.7. The summed E-state index contributed by atoms with van der Waals surface area (Å²) in [5.74, 6) is -1.19. The van der Waals surface area contributed by atoms with E-state index in [2.05, 4.69) is 16.0 Å². The van der Waals surface area contributed by atoms with E-state index in [9.17, 15) is 22.4 Å². The third-order valence-corrected chi connectivity index (χ3v) is 5.04. The Morgan fingerprint density at radius 3 is 2.15 bits per heavy atom. The van der Waals surface area contributed by atoms with Crippen LogP contribution in [0.2, 0.25) is 0 Å². The molecule has 0 spiro atoms. The molecule has 0 bridgehead atoms. The molecule has 0 aliphatic carbocycles. The van der Waals surface area contributed by atoms with Crippen LogP contribution in [0, 0.1) is 5.82 Å². The van der Waals surface area contributed by atoms with Crippen molar-refractivity contribution in [3.05, 3.63) is 89.2 Å². The number of hydrogen-bond acceptors (Lipinski definition) is 3. The highest BCUT2D eigenvalue weighted by Crippen LogP contribution is 2.32. The van der Waals surface area contributed by atoms with Crippen LogP contribution in [-0.2, 0) is 12.7 Å². The summed E-state index contributed by atoms with van der Waals surface area (Å²) in [5.41, 5.74) is 1.11. The number of halogens is 4. The quantitative estimate of drug-likeness (QED) is 0.308. The second-order valence-electron chi connectivity index (χ2n) is 7.60. The fraction of sp³-hybridized carbons (Fsp3) is 0.167. The van der Waals surface area contributed by atoms with Gasteiger partial charge in [0.05, 0.1) is 11.1 Å². The summed E-state index contributed by atoms with van der Waals surface area (Å²) in [5, 5.41) is 8.64. The molecule has 0 saturated heterocycles. The van der Waals surface area contributed by atoms with E-state index in [1.54, 1.807) is 55.4 Å². The number of nitrogens with zero attached hydrogens (tertiary/aromatic N) is 1. The van der Waals surface area contributed by atoms with Gasteiger partial charge in [-0.2, -0.15) is 13.2 Å². The van der Waals surface area contributed by atoms with E-state index in [1.165, 1.54) is 18.2 Å². The lowest BCUT2D eigenvalue weighted by Gasteiger charge is -2.18. The van der Waals surface area contributed by atoms with Gasteiger partial charge in [-0.3, -0.25) is 4.79 Å². The summed E-state index contributed by atoms with van der Waals surface area (Å²) in [4.78, 5) is 13.8. The zero-order valence-corrected chi connectivity index (χ0v) is 19.2. The number of benzene rings is 3. The van der Waals surface area contributed by atoms with E-state index < -0.39 is 23.5 Å². The number of amides is 1. The van der Waals surface area contributed by atoms with E-state index in [-0.39, 0.29) is 17.2 Å². The molecule has 0 aliphatic heterocycles. The maximum atomic E-state index is 13.7. The molecule has 3 aromatic carbocycles. The lowest BCUT2D eigenvalue weighted by atomic mass is 10.1. The molecule has 3 aromatic rings. The van der Waals surface area contributed by atoms with Gasteiger partial charge in [0.1, 0.15) is 5.82 Å². The Morgan fingerprint density at radius 2 is 1.56 bits per heavy atom. The van der Waals surface area contributed by atoms with E-state index >= 15 is 0 Å². The van der Waals surface area contributed by atoms with Crippen molar-refractivity contribution < 1.29 is 22.4 Å².